The van der Waals surface area contributed by atoms with Crippen LogP contribution in [-0.4, -0.2) is 24.2 Å². The molecule has 3 amide bonds. The summed E-state index contributed by atoms with van der Waals surface area (Å²) in [5, 5.41) is 2.70. The van der Waals surface area contributed by atoms with Gasteiger partial charge in [0.2, 0.25) is 0 Å². The van der Waals surface area contributed by atoms with E-state index in [0.29, 0.717) is 23.6 Å². The Hall–Kier alpha value is -2.41. The standard InChI is InChI=1S/C18H23N3O3S/c1-12-4-6-15(7-5-12)11-25-9-8-19-18(23)21-20-17(22)16-10-13(2)24-14(16)3/h4-7,10H,8-9,11H2,1-3H3,(H,20,22)(H2,19,21,23). The van der Waals surface area contributed by atoms with Crippen LogP contribution < -0.4 is 16.2 Å². The summed E-state index contributed by atoms with van der Waals surface area (Å²) in [6.45, 7) is 6.04. The number of carbonyl (C=O) groups is 2. The second kappa shape index (κ2) is 9.17. The van der Waals surface area contributed by atoms with Crippen molar-refractivity contribution in [3.8, 4) is 0 Å². The average molecular weight is 361 g/mol. The molecule has 2 rings (SSSR count). The van der Waals surface area contributed by atoms with Gasteiger partial charge in [-0.05, 0) is 32.4 Å². The minimum atomic E-state index is -0.442. The minimum Gasteiger partial charge on any atom is -0.466 e. The highest BCUT2D eigenvalue weighted by atomic mass is 32.2. The molecule has 0 radical (unpaired) electrons. The van der Waals surface area contributed by atoms with E-state index in [0.717, 1.165) is 11.5 Å². The van der Waals surface area contributed by atoms with Gasteiger partial charge in [0.05, 0.1) is 5.56 Å². The van der Waals surface area contributed by atoms with Crippen LogP contribution in [0.25, 0.3) is 0 Å². The van der Waals surface area contributed by atoms with Gasteiger partial charge in [-0.2, -0.15) is 11.8 Å². The molecule has 0 spiro atoms. The summed E-state index contributed by atoms with van der Waals surface area (Å²) in [4.78, 5) is 23.6. The summed E-state index contributed by atoms with van der Waals surface area (Å²) < 4.78 is 5.29. The predicted molar refractivity (Wildman–Crippen MR) is 99.5 cm³/mol. The number of hydrogen-bond acceptors (Lipinski definition) is 4. The molecule has 0 unspecified atom stereocenters. The van der Waals surface area contributed by atoms with Gasteiger partial charge < -0.3 is 9.73 Å². The molecule has 0 saturated carbocycles. The summed E-state index contributed by atoms with van der Waals surface area (Å²) in [5.41, 5.74) is 7.60. The van der Waals surface area contributed by atoms with Crippen LogP contribution in [-0.2, 0) is 5.75 Å². The number of amides is 3. The van der Waals surface area contributed by atoms with Crippen LogP contribution in [0.2, 0.25) is 0 Å². The first-order chi connectivity index (χ1) is 12.0. The number of rotatable bonds is 6. The van der Waals surface area contributed by atoms with Gasteiger partial charge in [0.25, 0.3) is 5.91 Å². The largest absolute Gasteiger partial charge is 0.466 e. The zero-order valence-corrected chi connectivity index (χ0v) is 15.5. The summed E-state index contributed by atoms with van der Waals surface area (Å²) in [5.74, 6) is 2.45. The van der Waals surface area contributed by atoms with Gasteiger partial charge in [-0.25, -0.2) is 10.2 Å². The van der Waals surface area contributed by atoms with Crippen molar-refractivity contribution in [2.75, 3.05) is 12.3 Å². The molecule has 0 aliphatic heterocycles. The van der Waals surface area contributed by atoms with Gasteiger partial charge in [-0.15, -0.1) is 0 Å². The summed E-state index contributed by atoms with van der Waals surface area (Å²) >= 11 is 1.74. The molecule has 0 aliphatic carbocycles. The van der Waals surface area contributed by atoms with Crippen LogP contribution in [0.4, 0.5) is 4.79 Å². The Morgan fingerprint density at radius 3 is 2.44 bits per heavy atom. The SMILES string of the molecule is Cc1ccc(CSCCNC(=O)NNC(=O)c2cc(C)oc2C)cc1. The van der Waals surface area contributed by atoms with E-state index in [4.69, 9.17) is 4.42 Å². The molecule has 0 fully saturated rings. The molecule has 6 nitrogen and oxygen atoms in total. The number of furan rings is 1. The van der Waals surface area contributed by atoms with Crippen molar-refractivity contribution in [3.05, 3.63) is 58.5 Å². The Kier molecular flexibility index (Phi) is 6.94. The molecular weight excluding hydrogens is 338 g/mol. The Morgan fingerprint density at radius 2 is 1.80 bits per heavy atom. The number of hydrogen-bond donors (Lipinski definition) is 3. The quantitative estimate of drug-likeness (QED) is 0.545. The lowest BCUT2D eigenvalue weighted by Gasteiger charge is -2.08. The lowest BCUT2D eigenvalue weighted by Crippen LogP contribution is -2.47. The molecule has 1 heterocycles. The van der Waals surface area contributed by atoms with Crippen molar-refractivity contribution in [2.45, 2.75) is 26.5 Å². The molecule has 0 atom stereocenters. The normalized spacial score (nSPS) is 10.4. The smallest absolute Gasteiger partial charge is 0.333 e. The third kappa shape index (κ3) is 6.19. The van der Waals surface area contributed by atoms with Crippen LogP contribution >= 0.6 is 11.8 Å². The molecule has 134 valence electrons. The average Bonchev–Trinajstić information content (AvgIpc) is 2.92. The Labute approximate surface area is 151 Å². The van der Waals surface area contributed by atoms with Crippen molar-refractivity contribution < 1.29 is 14.0 Å². The third-order valence-corrected chi connectivity index (χ3v) is 4.53. The fourth-order valence-corrected chi connectivity index (χ4v) is 3.01. The van der Waals surface area contributed by atoms with Crippen molar-refractivity contribution in [2.24, 2.45) is 0 Å². The zero-order valence-electron chi connectivity index (χ0n) is 14.6. The highest BCUT2D eigenvalue weighted by Crippen LogP contribution is 2.13. The number of aryl methyl sites for hydroxylation is 3. The van der Waals surface area contributed by atoms with E-state index in [1.807, 2.05) is 0 Å². The van der Waals surface area contributed by atoms with Crippen LogP contribution in [0.15, 0.2) is 34.7 Å². The second-order valence-electron chi connectivity index (χ2n) is 5.70. The first-order valence-corrected chi connectivity index (χ1v) is 9.15. The number of nitrogens with one attached hydrogen (secondary N) is 3. The maximum atomic E-state index is 11.9. The minimum absolute atomic E-state index is 0.404. The number of carbonyl (C=O) groups excluding carboxylic acids is 2. The molecule has 1 aromatic carbocycles. The van der Waals surface area contributed by atoms with E-state index in [2.05, 4.69) is 47.4 Å². The van der Waals surface area contributed by atoms with Crippen molar-refractivity contribution in [1.82, 2.24) is 16.2 Å². The maximum Gasteiger partial charge on any atom is 0.333 e. The summed E-state index contributed by atoms with van der Waals surface area (Å²) in [6, 6.07) is 9.59. The van der Waals surface area contributed by atoms with Crippen molar-refractivity contribution in [3.63, 3.8) is 0 Å². The Morgan fingerprint density at radius 1 is 1.08 bits per heavy atom. The first kappa shape index (κ1) is 18.9. The van der Waals surface area contributed by atoms with E-state index >= 15 is 0 Å². The topological polar surface area (TPSA) is 83.4 Å². The maximum absolute atomic E-state index is 11.9. The van der Waals surface area contributed by atoms with E-state index in [9.17, 15) is 9.59 Å². The van der Waals surface area contributed by atoms with Crippen molar-refractivity contribution in [1.29, 1.82) is 0 Å². The van der Waals surface area contributed by atoms with Crippen molar-refractivity contribution >= 4 is 23.7 Å². The van der Waals surface area contributed by atoms with Gasteiger partial charge in [0.1, 0.15) is 11.5 Å². The summed E-state index contributed by atoms with van der Waals surface area (Å²) in [6.07, 6.45) is 0. The molecule has 3 N–H and O–H groups in total. The summed E-state index contributed by atoms with van der Waals surface area (Å²) in [7, 11) is 0. The highest BCUT2D eigenvalue weighted by Gasteiger charge is 2.13. The fourth-order valence-electron chi connectivity index (χ4n) is 2.19. The Bertz CT molecular complexity index is 726. The second-order valence-corrected chi connectivity index (χ2v) is 6.81. The van der Waals surface area contributed by atoms with Crippen LogP contribution in [0.3, 0.4) is 0 Å². The number of urea groups is 1. The Balaban J connectivity index is 1.60. The number of thioether (sulfide) groups is 1. The third-order valence-electron chi connectivity index (χ3n) is 3.50. The molecule has 0 saturated heterocycles. The van der Waals surface area contributed by atoms with Crippen LogP contribution in [0.1, 0.15) is 33.0 Å². The lowest BCUT2D eigenvalue weighted by molar-refractivity contribution is 0.0935. The van der Waals surface area contributed by atoms with E-state index < -0.39 is 11.9 Å². The van der Waals surface area contributed by atoms with Gasteiger partial charge in [-0.1, -0.05) is 29.8 Å². The molecule has 7 heteroatoms. The molecular formula is C18H23N3O3S. The molecule has 0 bridgehead atoms. The van der Waals surface area contributed by atoms with E-state index in [1.165, 1.54) is 11.1 Å². The monoisotopic (exact) mass is 361 g/mol. The highest BCUT2D eigenvalue weighted by molar-refractivity contribution is 7.98. The fraction of sp³-hybridized carbons (Fsp3) is 0.333. The van der Waals surface area contributed by atoms with Gasteiger partial charge in [-0.3, -0.25) is 10.2 Å². The van der Waals surface area contributed by atoms with Gasteiger partial charge in [0, 0.05) is 18.1 Å². The zero-order chi connectivity index (χ0) is 18.2. The molecule has 1 aromatic heterocycles. The number of benzene rings is 1. The van der Waals surface area contributed by atoms with Gasteiger partial charge in [0.15, 0.2) is 0 Å². The van der Waals surface area contributed by atoms with E-state index in [1.54, 1.807) is 31.7 Å². The molecule has 25 heavy (non-hydrogen) atoms. The van der Waals surface area contributed by atoms with Crippen LogP contribution in [0, 0.1) is 20.8 Å². The predicted octanol–water partition coefficient (Wildman–Crippen LogP) is 3.08. The lowest BCUT2D eigenvalue weighted by atomic mass is 10.2. The molecule has 0 aliphatic rings. The van der Waals surface area contributed by atoms with Crippen LogP contribution in [0.5, 0.6) is 0 Å². The van der Waals surface area contributed by atoms with E-state index in [-0.39, 0.29) is 0 Å². The molecule has 2 aromatic rings. The van der Waals surface area contributed by atoms with Gasteiger partial charge >= 0.3 is 6.03 Å². The first-order valence-electron chi connectivity index (χ1n) is 8.00. The number of hydrazine groups is 1.